The van der Waals surface area contributed by atoms with E-state index in [1.54, 1.807) is 0 Å². The van der Waals surface area contributed by atoms with E-state index in [1.807, 2.05) is 51.1 Å². The molecule has 0 spiro atoms. The highest BCUT2D eigenvalue weighted by Gasteiger charge is 2.41. The highest BCUT2D eigenvalue weighted by Crippen LogP contribution is 2.50. The van der Waals surface area contributed by atoms with Crippen LogP contribution < -0.4 is 5.32 Å². The minimum absolute atomic E-state index is 0.0158. The Kier molecular flexibility index (Phi) is 9.10. The second-order valence-electron chi connectivity index (χ2n) is 11.9. The summed E-state index contributed by atoms with van der Waals surface area (Å²) in [5.74, 6) is 2.43. The molecule has 0 aliphatic heterocycles. The zero-order valence-corrected chi connectivity index (χ0v) is 23.3. The van der Waals surface area contributed by atoms with Crippen molar-refractivity contribution in [3.05, 3.63) is 59.2 Å². The molecule has 5 atom stereocenters. The van der Waals surface area contributed by atoms with E-state index in [0.717, 1.165) is 40.0 Å². The van der Waals surface area contributed by atoms with Crippen molar-refractivity contribution in [2.45, 2.75) is 84.5 Å². The van der Waals surface area contributed by atoms with Crippen molar-refractivity contribution in [3.8, 4) is 11.1 Å². The van der Waals surface area contributed by atoms with Crippen molar-refractivity contribution in [1.29, 1.82) is 0 Å². The van der Waals surface area contributed by atoms with Crippen molar-refractivity contribution in [1.82, 2.24) is 5.32 Å². The van der Waals surface area contributed by atoms with E-state index in [0.29, 0.717) is 18.7 Å². The van der Waals surface area contributed by atoms with Crippen LogP contribution in [0.4, 0.5) is 0 Å². The van der Waals surface area contributed by atoms with Crippen LogP contribution in [0.1, 0.15) is 87.4 Å². The van der Waals surface area contributed by atoms with Gasteiger partial charge in [-0.15, -0.1) is 0 Å². The topological polar surface area (TPSA) is 67.8 Å². The van der Waals surface area contributed by atoms with Crippen LogP contribution in [0.3, 0.4) is 0 Å². The first-order valence-corrected chi connectivity index (χ1v) is 14.1. The van der Waals surface area contributed by atoms with Gasteiger partial charge in [-0.2, -0.15) is 0 Å². The van der Waals surface area contributed by atoms with Gasteiger partial charge in [0.15, 0.2) is 0 Å². The molecule has 0 heterocycles. The zero-order valence-electron chi connectivity index (χ0n) is 23.3. The maximum atomic E-state index is 12.2. The molecule has 0 radical (unpaired) electrons. The number of hydrogen-bond acceptors (Lipinski definition) is 5. The number of carbonyl (C=O) groups excluding carboxylic acids is 1. The van der Waals surface area contributed by atoms with Gasteiger partial charge in [0.1, 0.15) is 0 Å². The van der Waals surface area contributed by atoms with Gasteiger partial charge < -0.3 is 19.9 Å². The standard InChI is InChI=1S/C32H45NO4/c1-6-36-31(35)28-14-13-25(15-21(28)2)30-10-8-7-9-29(30)22(3)37-20-27(34)19-33-32(4,5)18-26-17-23-11-12-24(26)16-23/h7-10,13-15,22-24,26-27,33-34H,6,11-12,16-20H2,1-5H3/t22-,23?,24?,26?,27-/m1/s1. The van der Waals surface area contributed by atoms with Crippen molar-refractivity contribution in [2.24, 2.45) is 17.8 Å². The molecule has 0 saturated heterocycles. The summed E-state index contributed by atoms with van der Waals surface area (Å²) < 4.78 is 11.3. The average Bonchev–Trinajstić information content (AvgIpc) is 3.49. The number of carbonyl (C=O) groups is 1. The van der Waals surface area contributed by atoms with Crippen molar-refractivity contribution in [3.63, 3.8) is 0 Å². The van der Waals surface area contributed by atoms with Crippen LogP contribution in [0, 0.1) is 24.7 Å². The van der Waals surface area contributed by atoms with Crippen LogP contribution in [-0.4, -0.2) is 42.5 Å². The lowest BCUT2D eigenvalue weighted by molar-refractivity contribution is -0.00459. The molecule has 5 heteroatoms. The molecule has 37 heavy (non-hydrogen) atoms. The van der Waals surface area contributed by atoms with Crippen molar-refractivity contribution < 1.29 is 19.4 Å². The lowest BCUT2D eigenvalue weighted by Crippen LogP contribution is -2.46. The summed E-state index contributed by atoms with van der Waals surface area (Å²) >= 11 is 0. The number of nitrogens with one attached hydrogen (secondary N) is 1. The van der Waals surface area contributed by atoms with Gasteiger partial charge in [-0.05, 0) is 106 Å². The molecule has 2 saturated carbocycles. The van der Waals surface area contributed by atoms with Crippen molar-refractivity contribution >= 4 is 5.97 Å². The summed E-state index contributed by atoms with van der Waals surface area (Å²) in [7, 11) is 0. The number of aliphatic hydroxyl groups is 1. The SMILES string of the molecule is CCOC(=O)c1ccc(-c2ccccc2[C@@H](C)OC[C@H](O)CNC(C)(C)CC2CC3CCC2C3)cc1C. The van der Waals surface area contributed by atoms with Crippen molar-refractivity contribution in [2.75, 3.05) is 19.8 Å². The summed E-state index contributed by atoms with van der Waals surface area (Å²) in [4.78, 5) is 12.2. The summed E-state index contributed by atoms with van der Waals surface area (Å²) in [6, 6.07) is 14.0. The van der Waals surface area contributed by atoms with Gasteiger partial charge >= 0.3 is 5.97 Å². The van der Waals surface area contributed by atoms with Gasteiger partial charge in [0.05, 0.1) is 31.0 Å². The Hall–Kier alpha value is -2.21. The Morgan fingerprint density at radius 2 is 1.95 bits per heavy atom. The third-order valence-corrected chi connectivity index (χ3v) is 8.44. The molecule has 5 nitrogen and oxygen atoms in total. The lowest BCUT2D eigenvalue weighted by Gasteiger charge is -2.34. The third-order valence-electron chi connectivity index (χ3n) is 8.44. The van der Waals surface area contributed by atoms with E-state index in [9.17, 15) is 9.90 Å². The molecule has 2 N–H and O–H groups in total. The molecule has 0 aromatic heterocycles. The number of benzene rings is 2. The molecule has 2 aliphatic carbocycles. The minimum atomic E-state index is -0.569. The molecular weight excluding hydrogens is 462 g/mol. The van der Waals surface area contributed by atoms with Crippen LogP contribution >= 0.6 is 0 Å². The fraction of sp³-hybridized carbons (Fsp3) is 0.594. The van der Waals surface area contributed by atoms with Crippen LogP contribution in [0.5, 0.6) is 0 Å². The van der Waals surface area contributed by atoms with E-state index in [4.69, 9.17) is 9.47 Å². The summed E-state index contributed by atoms with van der Waals surface area (Å²) in [6.07, 6.45) is 6.11. The fourth-order valence-electron chi connectivity index (χ4n) is 6.54. The molecule has 2 fully saturated rings. The smallest absolute Gasteiger partial charge is 0.338 e. The highest BCUT2D eigenvalue weighted by molar-refractivity contribution is 5.92. The van der Waals surface area contributed by atoms with Gasteiger partial charge in [0.25, 0.3) is 0 Å². The van der Waals surface area contributed by atoms with Gasteiger partial charge in [0, 0.05) is 12.1 Å². The van der Waals surface area contributed by atoms with Gasteiger partial charge in [-0.25, -0.2) is 4.79 Å². The van der Waals surface area contributed by atoms with Crippen LogP contribution in [0.25, 0.3) is 11.1 Å². The maximum Gasteiger partial charge on any atom is 0.338 e. The van der Waals surface area contributed by atoms with Crippen LogP contribution in [0.15, 0.2) is 42.5 Å². The van der Waals surface area contributed by atoms with E-state index in [1.165, 1.54) is 32.1 Å². The second kappa shape index (κ2) is 12.1. The first-order valence-electron chi connectivity index (χ1n) is 14.1. The monoisotopic (exact) mass is 507 g/mol. The Morgan fingerprint density at radius 1 is 1.16 bits per heavy atom. The van der Waals surface area contributed by atoms with E-state index >= 15 is 0 Å². The quantitative estimate of drug-likeness (QED) is 0.322. The normalized spacial score (nSPS) is 22.7. The molecule has 2 aromatic rings. The Bertz CT molecular complexity index is 1060. The zero-order chi connectivity index (χ0) is 26.6. The Morgan fingerprint density at radius 3 is 2.62 bits per heavy atom. The Labute approximate surface area is 223 Å². The molecule has 2 bridgehead atoms. The molecule has 0 amide bonds. The average molecular weight is 508 g/mol. The van der Waals surface area contributed by atoms with E-state index in [-0.39, 0.29) is 24.2 Å². The number of hydrogen-bond donors (Lipinski definition) is 2. The number of esters is 1. The number of aliphatic hydroxyl groups excluding tert-OH is 1. The van der Waals surface area contributed by atoms with E-state index in [2.05, 4.69) is 31.3 Å². The molecular formula is C32H45NO4. The fourth-order valence-corrected chi connectivity index (χ4v) is 6.54. The predicted octanol–water partition coefficient (Wildman–Crippen LogP) is 6.47. The summed E-state index contributed by atoms with van der Waals surface area (Å²) in [5.41, 5.74) is 4.64. The number of aryl methyl sites for hydroxylation is 1. The van der Waals surface area contributed by atoms with Crippen LogP contribution in [0.2, 0.25) is 0 Å². The maximum absolute atomic E-state index is 12.2. The molecule has 2 aliphatic rings. The second-order valence-corrected chi connectivity index (χ2v) is 11.9. The van der Waals surface area contributed by atoms with Crippen LogP contribution in [-0.2, 0) is 9.47 Å². The number of ether oxygens (including phenoxy) is 2. The van der Waals surface area contributed by atoms with Gasteiger partial charge in [0.2, 0.25) is 0 Å². The first-order chi connectivity index (χ1) is 17.7. The van der Waals surface area contributed by atoms with E-state index < -0.39 is 6.10 Å². The molecule has 4 rings (SSSR count). The minimum Gasteiger partial charge on any atom is -0.462 e. The molecule has 2 aromatic carbocycles. The Balaban J connectivity index is 1.31. The number of rotatable bonds is 12. The molecule has 202 valence electrons. The predicted molar refractivity (Wildman–Crippen MR) is 149 cm³/mol. The largest absolute Gasteiger partial charge is 0.462 e. The summed E-state index contributed by atoms with van der Waals surface area (Å²) in [6.45, 7) is 11.5. The van der Waals surface area contributed by atoms with Gasteiger partial charge in [-0.1, -0.05) is 42.8 Å². The highest BCUT2D eigenvalue weighted by atomic mass is 16.5. The van der Waals surface area contributed by atoms with Gasteiger partial charge in [-0.3, -0.25) is 0 Å². The number of β-amino-alcohol motifs (C(OH)–C–C–N with tert-alkyl or cyclic N) is 1. The first kappa shape index (κ1) is 27.8. The molecule has 3 unspecified atom stereocenters. The summed E-state index contributed by atoms with van der Waals surface area (Å²) in [5, 5.41) is 14.3. The third kappa shape index (κ3) is 7.01. The lowest BCUT2D eigenvalue weighted by atomic mass is 9.80. The number of fused-ring (bicyclic) bond motifs is 2.